The Bertz CT molecular complexity index is 899. The van der Waals surface area contributed by atoms with Crippen LogP contribution in [-0.2, 0) is 17.8 Å². The van der Waals surface area contributed by atoms with Gasteiger partial charge < -0.3 is 9.88 Å². The average Bonchev–Trinajstić information content (AvgIpc) is 3.38. The summed E-state index contributed by atoms with van der Waals surface area (Å²) in [5.41, 5.74) is 2.49. The van der Waals surface area contributed by atoms with E-state index in [2.05, 4.69) is 32.1 Å². The second-order valence-electron chi connectivity index (χ2n) is 7.13. The number of aryl methyl sites for hydroxylation is 2. The van der Waals surface area contributed by atoms with Gasteiger partial charge in [0.15, 0.2) is 5.66 Å². The van der Waals surface area contributed by atoms with E-state index in [9.17, 15) is 4.79 Å². The highest BCUT2D eigenvalue weighted by molar-refractivity contribution is 5.93. The van der Waals surface area contributed by atoms with Crippen molar-refractivity contribution in [2.24, 2.45) is 10.2 Å². The lowest BCUT2D eigenvalue weighted by Crippen LogP contribution is -2.17. The molecule has 0 bridgehead atoms. The first-order valence-electron chi connectivity index (χ1n) is 9.36. The van der Waals surface area contributed by atoms with Crippen molar-refractivity contribution in [1.82, 2.24) is 9.55 Å². The normalized spacial score (nSPS) is 17.3. The highest BCUT2D eigenvalue weighted by Gasteiger charge is 2.39. The van der Waals surface area contributed by atoms with E-state index in [0.717, 1.165) is 41.9 Å². The quantitative estimate of drug-likeness (QED) is 0.799. The SMILES string of the molecule is C#CCCC1(CCC(=O)Nc2ccc3c(c2)nc2n3CCCCC2)N=N1. The van der Waals surface area contributed by atoms with E-state index >= 15 is 0 Å². The van der Waals surface area contributed by atoms with Gasteiger partial charge in [-0.3, -0.25) is 4.79 Å². The Labute approximate surface area is 153 Å². The van der Waals surface area contributed by atoms with Gasteiger partial charge in [0.1, 0.15) is 5.82 Å². The largest absolute Gasteiger partial charge is 0.328 e. The summed E-state index contributed by atoms with van der Waals surface area (Å²) in [7, 11) is 0. The lowest BCUT2D eigenvalue weighted by atomic mass is 10.0. The molecular weight excluding hydrogens is 326 g/mol. The number of nitrogens with one attached hydrogen (secondary N) is 1. The van der Waals surface area contributed by atoms with Crippen LogP contribution in [0.5, 0.6) is 0 Å². The summed E-state index contributed by atoms with van der Waals surface area (Å²) in [6.07, 6.45) is 12.3. The number of imidazole rings is 1. The predicted octanol–water partition coefficient (Wildman–Crippen LogP) is 4.06. The van der Waals surface area contributed by atoms with Crippen LogP contribution in [0.4, 0.5) is 5.69 Å². The zero-order valence-corrected chi connectivity index (χ0v) is 14.9. The third kappa shape index (κ3) is 3.48. The van der Waals surface area contributed by atoms with Crippen molar-refractivity contribution in [2.45, 2.75) is 63.6 Å². The molecule has 0 aliphatic carbocycles. The summed E-state index contributed by atoms with van der Waals surface area (Å²) in [6.45, 7) is 1.03. The third-order valence-corrected chi connectivity index (χ3v) is 5.20. The lowest BCUT2D eigenvalue weighted by Gasteiger charge is -2.09. The molecule has 3 heterocycles. The summed E-state index contributed by atoms with van der Waals surface area (Å²) < 4.78 is 2.32. The van der Waals surface area contributed by atoms with Crippen LogP contribution in [0.15, 0.2) is 28.4 Å². The number of amides is 1. The zero-order chi connectivity index (χ0) is 18.0. The van der Waals surface area contributed by atoms with Crippen LogP contribution in [0.1, 0.15) is 50.8 Å². The number of benzene rings is 1. The first kappa shape index (κ1) is 16.8. The third-order valence-electron chi connectivity index (χ3n) is 5.20. The molecule has 2 aliphatic rings. The number of fused-ring (bicyclic) bond motifs is 3. The molecule has 0 atom stereocenters. The van der Waals surface area contributed by atoms with Gasteiger partial charge in [0, 0.05) is 44.3 Å². The van der Waals surface area contributed by atoms with Crippen molar-refractivity contribution < 1.29 is 4.79 Å². The van der Waals surface area contributed by atoms with E-state index < -0.39 is 5.66 Å². The fourth-order valence-electron chi connectivity index (χ4n) is 3.63. The van der Waals surface area contributed by atoms with Crippen LogP contribution in [0, 0.1) is 12.3 Å². The van der Waals surface area contributed by atoms with E-state index in [1.165, 1.54) is 19.3 Å². The Morgan fingerprint density at radius 2 is 2.15 bits per heavy atom. The Morgan fingerprint density at radius 1 is 1.27 bits per heavy atom. The maximum Gasteiger partial charge on any atom is 0.224 e. The van der Waals surface area contributed by atoms with Crippen molar-refractivity contribution in [3.63, 3.8) is 0 Å². The predicted molar refractivity (Wildman–Crippen MR) is 101 cm³/mol. The first-order chi connectivity index (χ1) is 12.7. The van der Waals surface area contributed by atoms with E-state index in [-0.39, 0.29) is 5.91 Å². The van der Waals surface area contributed by atoms with Gasteiger partial charge in [-0.1, -0.05) is 6.42 Å². The van der Waals surface area contributed by atoms with Crippen LogP contribution in [-0.4, -0.2) is 21.1 Å². The van der Waals surface area contributed by atoms with E-state index in [4.69, 9.17) is 11.4 Å². The molecule has 0 saturated heterocycles. The van der Waals surface area contributed by atoms with Crippen molar-refractivity contribution >= 4 is 22.6 Å². The topological polar surface area (TPSA) is 71.6 Å². The Hall–Kier alpha value is -2.68. The van der Waals surface area contributed by atoms with Crippen LogP contribution >= 0.6 is 0 Å². The standard InChI is InChI=1S/C20H23N5O/c1-2-3-11-20(23-24-20)12-10-19(26)21-15-8-9-17-16(14-15)22-18-7-5-4-6-13-25(17)18/h1,8-9,14H,3-7,10-13H2,(H,21,26). The molecule has 2 aliphatic heterocycles. The minimum absolute atomic E-state index is 0.0255. The van der Waals surface area contributed by atoms with Gasteiger partial charge in [-0.05, 0) is 31.0 Å². The summed E-state index contributed by atoms with van der Waals surface area (Å²) >= 11 is 0. The minimum atomic E-state index is -0.408. The van der Waals surface area contributed by atoms with Gasteiger partial charge in [-0.2, -0.15) is 10.2 Å². The Morgan fingerprint density at radius 3 is 2.96 bits per heavy atom. The van der Waals surface area contributed by atoms with Crippen LogP contribution in [0.2, 0.25) is 0 Å². The van der Waals surface area contributed by atoms with E-state index in [1.54, 1.807) is 0 Å². The fourth-order valence-corrected chi connectivity index (χ4v) is 3.63. The second kappa shape index (κ2) is 6.91. The van der Waals surface area contributed by atoms with Crippen LogP contribution in [0.3, 0.4) is 0 Å². The molecule has 1 aromatic heterocycles. The molecule has 0 radical (unpaired) electrons. The molecule has 26 heavy (non-hydrogen) atoms. The molecule has 1 N–H and O–H groups in total. The van der Waals surface area contributed by atoms with Crippen molar-refractivity contribution in [3.05, 3.63) is 24.0 Å². The summed E-state index contributed by atoms with van der Waals surface area (Å²) in [4.78, 5) is 17.0. The number of anilines is 1. The van der Waals surface area contributed by atoms with Gasteiger partial charge in [-0.25, -0.2) is 4.98 Å². The Kier molecular flexibility index (Phi) is 4.46. The number of hydrogen-bond donors (Lipinski definition) is 1. The number of carbonyl (C=O) groups excluding carboxylic acids is 1. The fraction of sp³-hybridized carbons (Fsp3) is 0.500. The second-order valence-corrected chi connectivity index (χ2v) is 7.13. The van der Waals surface area contributed by atoms with Gasteiger partial charge in [-0.15, -0.1) is 12.3 Å². The van der Waals surface area contributed by atoms with Crippen LogP contribution in [0.25, 0.3) is 11.0 Å². The monoisotopic (exact) mass is 349 g/mol. The molecule has 0 unspecified atom stereocenters. The maximum atomic E-state index is 12.3. The maximum absolute atomic E-state index is 12.3. The molecule has 0 fully saturated rings. The lowest BCUT2D eigenvalue weighted by molar-refractivity contribution is -0.116. The summed E-state index contributed by atoms with van der Waals surface area (Å²) in [5, 5.41) is 11.1. The average molecular weight is 349 g/mol. The minimum Gasteiger partial charge on any atom is -0.328 e. The number of carbonyl (C=O) groups is 1. The number of terminal acetylenes is 1. The molecule has 1 aromatic carbocycles. The molecule has 2 aromatic rings. The molecule has 1 amide bonds. The van der Waals surface area contributed by atoms with Crippen molar-refractivity contribution in [2.75, 3.05) is 5.32 Å². The highest BCUT2D eigenvalue weighted by Crippen LogP contribution is 2.37. The van der Waals surface area contributed by atoms with Gasteiger partial charge in [0.25, 0.3) is 0 Å². The van der Waals surface area contributed by atoms with Crippen molar-refractivity contribution in [3.8, 4) is 12.3 Å². The van der Waals surface area contributed by atoms with E-state index in [1.807, 2.05) is 12.1 Å². The van der Waals surface area contributed by atoms with Gasteiger partial charge in [0.2, 0.25) is 5.91 Å². The van der Waals surface area contributed by atoms with Crippen LogP contribution < -0.4 is 5.32 Å². The number of nitrogens with zero attached hydrogens (tertiary/aromatic N) is 4. The molecule has 6 nitrogen and oxygen atoms in total. The van der Waals surface area contributed by atoms with Crippen molar-refractivity contribution in [1.29, 1.82) is 0 Å². The summed E-state index contributed by atoms with van der Waals surface area (Å²) in [6, 6.07) is 5.99. The number of rotatable bonds is 6. The highest BCUT2D eigenvalue weighted by atomic mass is 16.1. The molecule has 6 heteroatoms. The molecule has 4 rings (SSSR count). The zero-order valence-electron chi connectivity index (χ0n) is 14.9. The first-order valence-corrected chi connectivity index (χ1v) is 9.36. The van der Waals surface area contributed by atoms with E-state index in [0.29, 0.717) is 19.3 Å². The molecule has 134 valence electrons. The Balaban J connectivity index is 1.40. The number of aromatic nitrogens is 2. The summed E-state index contributed by atoms with van der Waals surface area (Å²) in [5.74, 6) is 3.74. The van der Waals surface area contributed by atoms with Gasteiger partial charge >= 0.3 is 0 Å². The van der Waals surface area contributed by atoms with Gasteiger partial charge in [0.05, 0.1) is 11.0 Å². The molecular formula is C20H23N5O. The molecule has 0 saturated carbocycles. The molecule has 0 spiro atoms. The smallest absolute Gasteiger partial charge is 0.224 e. The number of hydrogen-bond acceptors (Lipinski definition) is 4.